The molecular weight excluding hydrogens is 362 g/mol. The fourth-order valence-corrected chi connectivity index (χ4v) is 2.63. The molecule has 0 unspecified atom stereocenters. The maximum absolute atomic E-state index is 12.2. The van der Waals surface area contributed by atoms with E-state index < -0.39 is 4.92 Å². The first-order valence-electron chi connectivity index (χ1n) is 8.31. The van der Waals surface area contributed by atoms with Crippen molar-refractivity contribution in [3.05, 3.63) is 87.7 Å². The van der Waals surface area contributed by atoms with Gasteiger partial charge in [0, 0.05) is 11.1 Å². The van der Waals surface area contributed by atoms with E-state index in [9.17, 15) is 20.0 Å². The summed E-state index contributed by atoms with van der Waals surface area (Å²) in [5, 5.41) is 24.1. The maximum atomic E-state index is 12.2. The second kappa shape index (κ2) is 8.17. The summed E-state index contributed by atoms with van der Waals surface area (Å²) in [7, 11) is 1.54. The summed E-state index contributed by atoms with van der Waals surface area (Å²) in [4.78, 5) is 22.5. The number of carbonyl (C=O) groups excluding carboxylic acids is 1. The minimum Gasteiger partial charge on any atom is -0.508 e. The van der Waals surface area contributed by atoms with Gasteiger partial charge in [-0.1, -0.05) is 12.1 Å². The number of phenols is 1. The quantitative estimate of drug-likeness (QED) is 0.292. The van der Waals surface area contributed by atoms with Crippen LogP contribution in [0.5, 0.6) is 11.5 Å². The van der Waals surface area contributed by atoms with Gasteiger partial charge >= 0.3 is 5.69 Å². The molecule has 8 heteroatoms. The fraction of sp³-hybridized carbons (Fsp3) is 0.100. The highest BCUT2D eigenvalue weighted by Crippen LogP contribution is 2.22. The second-order valence-corrected chi connectivity index (χ2v) is 5.97. The Bertz CT molecular complexity index is 1040. The number of carbonyl (C=O) groups is 1. The Kier molecular flexibility index (Phi) is 5.50. The van der Waals surface area contributed by atoms with Crippen molar-refractivity contribution in [1.29, 1.82) is 0 Å². The van der Waals surface area contributed by atoms with Crippen LogP contribution in [0.3, 0.4) is 0 Å². The molecule has 142 valence electrons. The fourth-order valence-electron chi connectivity index (χ4n) is 2.63. The molecular formula is C20H17N3O5. The van der Waals surface area contributed by atoms with Crippen LogP contribution in [0.2, 0.25) is 0 Å². The van der Waals surface area contributed by atoms with E-state index in [4.69, 9.17) is 4.74 Å². The number of methoxy groups -OCH3 is 1. The topological polar surface area (TPSA) is 107 Å². The third kappa shape index (κ3) is 4.42. The smallest absolute Gasteiger partial charge is 0.307 e. The SMILES string of the molecule is COc1ccc(/C=C/C(=O)c2ccc(O)cc2)cc1Cn1cc([N+](=O)[O-])cn1. The van der Waals surface area contributed by atoms with Gasteiger partial charge in [-0.3, -0.25) is 19.6 Å². The van der Waals surface area contributed by atoms with Gasteiger partial charge in [-0.05, 0) is 48.0 Å². The molecule has 0 aliphatic heterocycles. The average molecular weight is 379 g/mol. The molecule has 0 fully saturated rings. The molecule has 3 rings (SSSR count). The molecule has 1 N–H and O–H groups in total. The van der Waals surface area contributed by atoms with E-state index in [0.717, 1.165) is 11.1 Å². The number of allylic oxidation sites excluding steroid dienone is 1. The van der Waals surface area contributed by atoms with Gasteiger partial charge in [0.1, 0.15) is 23.9 Å². The van der Waals surface area contributed by atoms with E-state index in [1.54, 1.807) is 30.3 Å². The Morgan fingerprint density at radius 1 is 1.29 bits per heavy atom. The van der Waals surface area contributed by atoms with Crippen molar-refractivity contribution in [2.45, 2.75) is 6.54 Å². The van der Waals surface area contributed by atoms with Crippen LogP contribution in [-0.4, -0.2) is 32.7 Å². The number of phenolic OH excluding ortho intramolecular Hbond substituents is 1. The van der Waals surface area contributed by atoms with Gasteiger partial charge in [0.15, 0.2) is 5.78 Å². The highest BCUT2D eigenvalue weighted by Gasteiger charge is 2.11. The molecule has 3 aromatic rings. The summed E-state index contributed by atoms with van der Waals surface area (Å²) < 4.78 is 6.79. The summed E-state index contributed by atoms with van der Waals surface area (Å²) >= 11 is 0. The van der Waals surface area contributed by atoms with E-state index in [-0.39, 0.29) is 23.8 Å². The molecule has 0 spiro atoms. The molecule has 0 saturated carbocycles. The van der Waals surface area contributed by atoms with Gasteiger partial charge in [0.2, 0.25) is 0 Å². The normalized spacial score (nSPS) is 10.9. The van der Waals surface area contributed by atoms with Crippen molar-refractivity contribution in [2.75, 3.05) is 7.11 Å². The number of aromatic nitrogens is 2. The van der Waals surface area contributed by atoms with Gasteiger partial charge in [-0.25, -0.2) is 0 Å². The van der Waals surface area contributed by atoms with Gasteiger partial charge in [-0.15, -0.1) is 0 Å². The largest absolute Gasteiger partial charge is 0.508 e. The van der Waals surface area contributed by atoms with Crippen molar-refractivity contribution >= 4 is 17.5 Å². The molecule has 0 radical (unpaired) electrons. The Balaban J connectivity index is 1.80. The van der Waals surface area contributed by atoms with Crippen molar-refractivity contribution in [3.8, 4) is 11.5 Å². The lowest BCUT2D eigenvalue weighted by Gasteiger charge is -2.09. The Labute approximate surface area is 160 Å². The lowest BCUT2D eigenvalue weighted by Crippen LogP contribution is -2.02. The standard InChI is InChI=1S/C20H17N3O5/c1-28-20-9-3-14(2-8-19(25)15-4-6-18(24)7-5-15)10-16(20)12-22-13-17(11-21-22)23(26)27/h2-11,13,24H,12H2,1H3/b8-2+. The highest BCUT2D eigenvalue weighted by atomic mass is 16.6. The van der Waals surface area contributed by atoms with Gasteiger partial charge in [0.25, 0.3) is 0 Å². The lowest BCUT2D eigenvalue weighted by atomic mass is 10.1. The number of nitrogens with zero attached hydrogens (tertiary/aromatic N) is 3. The Hall–Kier alpha value is -3.94. The molecule has 0 aliphatic carbocycles. The van der Waals surface area contributed by atoms with E-state index in [0.29, 0.717) is 11.3 Å². The number of benzene rings is 2. The highest BCUT2D eigenvalue weighted by molar-refractivity contribution is 6.06. The van der Waals surface area contributed by atoms with E-state index in [2.05, 4.69) is 5.10 Å². The predicted molar refractivity (Wildman–Crippen MR) is 102 cm³/mol. The Morgan fingerprint density at radius 2 is 2.04 bits per heavy atom. The van der Waals surface area contributed by atoms with Gasteiger partial charge in [-0.2, -0.15) is 5.10 Å². The summed E-state index contributed by atoms with van der Waals surface area (Å²) in [6.45, 7) is 0.282. The monoisotopic (exact) mass is 379 g/mol. The molecule has 0 bridgehead atoms. The maximum Gasteiger partial charge on any atom is 0.307 e. The second-order valence-electron chi connectivity index (χ2n) is 5.97. The summed E-state index contributed by atoms with van der Waals surface area (Å²) in [6, 6.07) is 11.4. The average Bonchev–Trinajstić information content (AvgIpc) is 3.16. The van der Waals surface area contributed by atoms with E-state index in [1.807, 2.05) is 6.07 Å². The first-order chi connectivity index (χ1) is 13.5. The first-order valence-corrected chi connectivity index (χ1v) is 8.31. The summed E-state index contributed by atoms with van der Waals surface area (Å²) in [5.74, 6) is 0.513. The zero-order chi connectivity index (χ0) is 20.1. The van der Waals surface area contributed by atoms with Crippen molar-refractivity contribution < 1.29 is 19.6 Å². The number of ether oxygens (including phenoxy) is 1. The molecule has 28 heavy (non-hydrogen) atoms. The van der Waals surface area contributed by atoms with Crippen LogP contribution in [0.1, 0.15) is 21.5 Å². The minimum absolute atomic E-state index is 0.0884. The van der Waals surface area contributed by atoms with Crippen molar-refractivity contribution in [2.24, 2.45) is 0 Å². The minimum atomic E-state index is -0.505. The van der Waals surface area contributed by atoms with Crippen LogP contribution in [0, 0.1) is 10.1 Å². The third-order valence-corrected chi connectivity index (χ3v) is 4.05. The predicted octanol–water partition coefficient (Wildman–Crippen LogP) is 3.45. The van der Waals surface area contributed by atoms with Gasteiger partial charge < -0.3 is 9.84 Å². The van der Waals surface area contributed by atoms with Crippen molar-refractivity contribution in [3.63, 3.8) is 0 Å². The molecule has 0 aliphatic rings. The molecule has 0 saturated heterocycles. The molecule has 0 amide bonds. The molecule has 8 nitrogen and oxygen atoms in total. The molecule has 1 aromatic heterocycles. The van der Waals surface area contributed by atoms with E-state index >= 15 is 0 Å². The van der Waals surface area contributed by atoms with Gasteiger partial charge in [0.05, 0.1) is 18.6 Å². The zero-order valence-electron chi connectivity index (χ0n) is 15.0. The zero-order valence-corrected chi connectivity index (χ0v) is 15.0. The van der Waals surface area contributed by atoms with Crippen LogP contribution in [-0.2, 0) is 6.54 Å². The van der Waals surface area contributed by atoms with Crippen LogP contribution >= 0.6 is 0 Å². The summed E-state index contributed by atoms with van der Waals surface area (Å²) in [5.41, 5.74) is 1.91. The lowest BCUT2D eigenvalue weighted by molar-refractivity contribution is -0.385. The number of hydrogen-bond donors (Lipinski definition) is 1. The first kappa shape index (κ1) is 18.8. The van der Waals surface area contributed by atoms with Crippen LogP contribution in [0.4, 0.5) is 5.69 Å². The molecule has 1 heterocycles. The van der Waals surface area contributed by atoms with E-state index in [1.165, 1.54) is 42.4 Å². The number of rotatable bonds is 7. The third-order valence-electron chi connectivity index (χ3n) is 4.05. The van der Waals surface area contributed by atoms with Crippen LogP contribution in [0.25, 0.3) is 6.08 Å². The number of ketones is 1. The van der Waals surface area contributed by atoms with Crippen LogP contribution < -0.4 is 4.74 Å². The molecule has 2 aromatic carbocycles. The summed E-state index contributed by atoms with van der Waals surface area (Å²) in [6.07, 6.45) is 5.64. The van der Waals surface area contributed by atoms with Crippen molar-refractivity contribution in [1.82, 2.24) is 9.78 Å². The molecule has 0 atom stereocenters. The Morgan fingerprint density at radius 3 is 2.68 bits per heavy atom. The number of aromatic hydroxyl groups is 1. The van der Waals surface area contributed by atoms with Crippen LogP contribution in [0.15, 0.2) is 60.9 Å². The number of hydrogen-bond acceptors (Lipinski definition) is 6. The number of nitro groups is 1.